The maximum absolute atomic E-state index is 4.34. The van der Waals surface area contributed by atoms with Crippen molar-refractivity contribution in [2.45, 2.75) is 19.9 Å². The summed E-state index contributed by atoms with van der Waals surface area (Å²) < 4.78 is 2.22. The van der Waals surface area contributed by atoms with Gasteiger partial charge in [0.2, 0.25) is 0 Å². The number of hydrogen-bond donors (Lipinski definition) is 1. The van der Waals surface area contributed by atoms with E-state index in [0.717, 1.165) is 32.0 Å². The van der Waals surface area contributed by atoms with Crippen LogP contribution in [0.5, 0.6) is 0 Å². The molecule has 1 saturated heterocycles. The first kappa shape index (κ1) is 7.80. The first-order valence-corrected chi connectivity index (χ1v) is 4.61. The first-order chi connectivity index (χ1) is 5.90. The molecule has 0 aromatic carbocycles. The number of rotatable bonds is 3. The molecule has 0 spiro atoms. The van der Waals surface area contributed by atoms with Crippen molar-refractivity contribution in [3.8, 4) is 0 Å². The van der Waals surface area contributed by atoms with E-state index in [4.69, 9.17) is 0 Å². The zero-order valence-electron chi connectivity index (χ0n) is 7.45. The van der Waals surface area contributed by atoms with Gasteiger partial charge in [0, 0.05) is 25.4 Å². The largest absolute Gasteiger partial charge is 0.335 e. The Morgan fingerprint density at radius 1 is 1.67 bits per heavy atom. The molecule has 3 nitrogen and oxygen atoms in total. The van der Waals surface area contributed by atoms with Crippen molar-refractivity contribution in [3.63, 3.8) is 0 Å². The molecule has 0 unspecified atom stereocenters. The van der Waals surface area contributed by atoms with E-state index in [1.807, 2.05) is 6.20 Å². The molecule has 0 radical (unpaired) electrons. The van der Waals surface area contributed by atoms with Gasteiger partial charge in [0.25, 0.3) is 0 Å². The van der Waals surface area contributed by atoms with Crippen molar-refractivity contribution >= 4 is 0 Å². The summed E-state index contributed by atoms with van der Waals surface area (Å²) in [6.45, 7) is 5.52. The molecule has 1 N–H and O–H groups in total. The third-order valence-corrected chi connectivity index (χ3v) is 2.48. The van der Waals surface area contributed by atoms with E-state index >= 15 is 0 Å². The summed E-state index contributed by atoms with van der Waals surface area (Å²) in [5.74, 6) is 2.06. The molecule has 12 heavy (non-hydrogen) atoms. The molecule has 1 aliphatic rings. The summed E-state index contributed by atoms with van der Waals surface area (Å²) in [5, 5.41) is 3.27. The highest BCUT2D eigenvalue weighted by molar-refractivity contribution is 4.96. The molecule has 0 amide bonds. The minimum Gasteiger partial charge on any atom is -0.335 e. The highest BCUT2D eigenvalue weighted by Crippen LogP contribution is 2.10. The van der Waals surface area contributed by atoms with E-state index in [0.29, 0.717) is 0 Å². The summed E-state index contributed by atoms with van der Waals surface area (Å²) >= 11 is 0. The van der Waals surface area contributed by atoms with Gasteiger partial charge in [-0.25, -0.2) is 4.98 Å². The summed E-state index contributed by atoms with van der Waals surface area (Å²) in [7, 11) is 0. The van der Waals surface area contributed by atoms with Crippen LogP contribution in [-0.2, 0) is 13.0 Å². The van der Waals surface area contributed by atoms with E-state index in [1.165, 1.54) is 5.82 Å². The smallest absolute Gasteiger partial charge is 0.108 e. The maximum Gasteiger partial charge on any atom is 0.108 e. The van der Waals surface area contributed by atoms with Crippen LogP contribution in [0.15, 0.2) is 12.4 Å². The van der Waals surface area contributed by atoms with Crippen LogP contribution >= 0.6 is 0 Å². The van der Waals surface area contributed by atoms with Gasteiger partial charge in [0.05, 0.1) is 0 Å². The van der Waals surface area contributed by atoms with Crippen molar-refractivity contribution < 1.29 is 0 Å². The second-order valence-electron chi connectivity index (χ2n) is 3.36. The normalized spacial score (nSPS) is 17.8. The van der Waals surface area contributed by atoms with Crippen molar-refractivity contribution in [3.05, 3.63) is 18.2 Å². The minimum absolute atomic E-state index is 0.817. The van der Waals surface area contributed by atoms with E-state index < -0.39 is 0 Å². The van der Waals surface area contributed by atoms with E-state index in [9.17, 15) is 0 Å². The lowest BCUT2D eigenvalue weighted by molar-refractivity contribution is 0.337. The summed E-state index contributed by atoms with van der Waals surface area (Å²) in [6, 6.07) is 0. The fourth-order valence-corrected chi connectivity index (χ4v) is 1.57. The minimum atomic E-state index is 0.817. The van der Waals surface area contributed by atoms with Gasteiger partial charge in [0.1, 0.15) is 5.82 Å². The van der Waals surface area contributed by atoms with Crippen molar-refractivity contribution in [2.75, 3.05) is 13.1 Å². The molecule has 0 aliphatic carbocycles. The van der Waals surface area contributed by atoms with E-state index in [-0.39, 0.29) is 0 Å². The predicted molar refractivity (Wildman–Crippen MR) is 48.0 cm³/mol. The number of aryl methyl sites for hydroxylation is 1. The van der Waals surface area contributed by atoms with Crippen LogP contribution in [-0.4, -0.2) is 22.6 Å². The van der Waals surface area contributed by atoms with Crippen LogP contribution < -0.4 is 5.32 Å². The molecule has 2 rings (SSSR count). The Labute approximate surface area is 72.8 Å². The van der Waals surface area contributed by atoms with Crippen LogP contribution in [0.25, 0.3) is 0 Å². The number of nitrogens with zero attached hydrogens (tertiary/aromatic N) is 2. The molecule has 0 saturated carbocycles. The number of hydrogen-bond acceptors (Lipinski definition) is 2. The van der Waals surface area contributed by atoms with Crippen molar-refractivity contribution in [1.82, 2.24) is 14.9 Å². The fourth-order valence-electron chi connectivity index (χ4n) is 1.57. The van der Waals surface area contributed by atoms with Crippen LogP contribution in [0.4, 0.5) is 0 Å². The Bertz CT molecular complexity index is 250. The topological polar surface area (TPSA) is 29.9 Å². The molecule has 1 aromatic rings. The van der Waals surface area contributed by atoms with Gasteiger partial charge in [-0.05, 0) is 25.9 Å². The van der Waals surface area contributed by atoms with Crippen LogP contribution in [0.1, 0.15) is 12.7 Å². The van der Waals surface area contributed by atoms with Gasteiger partial charge < -0.3 is 9.88 Å². The average Bonchev–Trinajstić information content (AvgIpc) is 2.43. The predicted octanol–water partition coefficient (Wildman–Crippen LogP) is 0.665. The third-order valence-electron chi connectivity index (χ3n) is 2.48. The lowest BCUT2D eigenvalue weighted by atomic mass is 9.99. The molecule has 2 heterocycles. The van der Waals surface area contributed by atoms with Gasteiger partial charge in [-0.3, -0.25) is 0 Å². The molecule has 3 heteroatoms. The highest BCUT2D eigenvalue weighted by Gasteiger charge is 2.18. The summed E-state index contributed by atoms with van der Waals surface area (Å²) in [5.41, 5.74) is 0. The molecule has 66 valence electrons. The Morgan fingerprint density at radius 3 is 3.08 bits per heavy atom. The molecular weight excluding hydrogens is 150 g/mol. The average molecular weight is 165 g/mol. The molecule has 1 fully saturated rings. The molecular formula is C9H15N3. The zero-order chi connectivity index (χ0) is 8.39. The van der Waals surface area contributed by atoms with Crippen LogP contribution in [0.3, 0.4) is 0 Å². The Balaban J connectivity index is 2.00. The number of imidazole rings is 1. The Morgan fingerprint density at radius 2 is 2.50 bits per heavy atom. The lowest BCUT2D eigenvalue weighted by Gasteiger charge is -2.26. The van der Waals surface area contributed by atoms with Crippen LogP contribution in [0.2, 0.25) is 0 Å². The number of aromatic nitrogens is 2. The van der Waals surface area contributed by atoms with Gasteiger partial charge in [-0.15, -0.1) is 0 Å². The Hall–Kier alpha value is -0.830. The molecule has 1 aromatic heterocycles. The fraction of sp³-hybridized carbons (Fsp3) is 0.667. The number of nitrogens with one attached hydrogen (secondary N) is 1. The van der Waals surface area contributed by atoms with Gasteiger partial charge in [0.15, 0.2) is 0 Å². The Kier molecular flexibility index (Phi) is 2.13. The second kappa shape index (κ2) is 3.27. The second-order valence-corrected chi connectivity index (χ2v) is 3.36. The van der Waals surface area contributed by atoms with Crippen molar-refractivity contribution in [1.29, 1.82) is 0 Å². The van der Waals surface area contributed by atoms with Gasteiger partial charge in [-0.2, -0.15) is 0 Å². The first-order valence-electron chi connectivity index (χ1n) is 4.61. The summed E-state index contributed by atoms with van der Waals surface area (Å²) in [4.78, 5) is 4.34. The summed E-state index contributed by atoms with van der Waals surface area (Å²) in [6.07, 6.45) is 5.08. The SMILES string of the molecule is CCn1ccnc1CC1CNC1. The van der Waals surface area contributed by atoms with Gasteiger partial charge in [-0.1, -0.05) is 0 Å². The van der Waals surface area contributed by atoms with E-state index in [2.05, 4.69) is 28.0 Å². The standard InChI is InChI=1S/C9H15N3/c1-2-12-4-3-11-9(12)5-8-6-10-7-8/h3-4,8,10H,2,5-7H2,1H3. The van der Waals surface area contributed by atoms with Gasteiger partial charge >= 0.3 is 0 Å². The highest BCUT2D eigenvalue weighted by atomic mass is 15.1. The monoisotopic (exact) mass is 165 g/mol. The molecule has 0 bridgehead atoms. The maximum atomic E-state index is 4.34. The lowest BCUT2D eigenvalue weighted by Crippen LogP contribution is -2.43. The zero-order valence-corrected chi connectivity index (χ0v) is 7.45. The quantitative estimate of drug-likeness (QED) is 0.713. The third kappa shape index (κ3) is 1.37. The molecule has 1 aliphatic heterocycles. The molecule has 0 atom stereocenters. The van der Waals surface area contributed by atoms with Crippen LogP contribution in [0, 0.1) is 5.92 Å². The van der Waals surface area contributed by atoms with E-state index in [1.54, 1.807) is 0 Å². The van der Waals surface area contributed by atoms with Crippen molar-refractivity contribution in [2.24, 2.45) is 5.92 Å².